The summed E-state index contributed by atoms with van der Waals surface area (Å²) < 4.78 is 13.4. The molecule has 12 heavy (non-hydrogen) atoms. The fourth-order valence-electron chi connectivity index (χ4n) is 1.42. The monoisotopic (exact) mass is 163 g/mol. The number of fused-ring (bicyclic) bond motifs is 1. The Morgan fingerprint density at radius 2 is 2.00 bits per heavy atom. The maximum Gasteiger partial charge on any atom is 0.135 e. The van der Waals surface area contributed by atoms with Gasteiger partial charge in [0.1, 0.15) is 5.82 Å². The maximum absolute atomic E-state index is 13.4. The molecule has 0 amide bonds. The maximum atomic E-state index is 13.4. The highest BCUT2D eigenvalue weighted by atomic mass is 19.1. The SMILES string of the molecule is Cc1cc2c(F)c(C)ccc2[nH]1. The lowest BCUT2D eigenvalue weighted by atomic mass is 10.1. The summed E-state index contributed by atoms with van der Waals surface area (Å²) in [6.07, 6.45) is 0. The molecule has 0 unspecified atom stereocenters. The molecule has 0 atom stereocenters. The summed E-state index contributed by atoms with van der Waals surface area (Å²) in [5, 5.41) is 0.688. The average Bonchev–Trinajstić information content (AvgIpc) is 2.39. The first-order valence-corrected chi connectivity index (χ1v) is 3.93. The van der Waals surface area contributed by atoms with Gasteiger partial charge in [-0.2, -0.15) is 0 Å². The molecule has 0 bridgehead atoms. The molecule has 0 saturated heterocycles. The number of H-pyrrole nitrogens is 1. The van der Waals surface area contributed by atoms with E-state index in [9.17, 15) is 4.39 Å². The molecule has 0 spiro atoms. The van der Waals surface area contributed by atoms with E-state index in [1.807, 2.05) is 19.1 Å². The van der Waals surface area contributed by atoms with Crippen molar-refractivity contribution in [1.82, 2.24) is 4.98 Å². The summed E-state index contributed by atoms with van der Waals surface area (Å²) >= 11 is 0. The third kappa shape index (κ3) is 0.916. The lowest BCUT2D eigenvalue weighted by Crippen LogP contribution is -1.81. The van der Waals surface area contributed by atoms with Crippen LogP contribution in [0.5, 0.6) is 0 Å². The molecule has 0 fully saturated rings. The van der Waals surface area contributed by atoms with Crippen LogP contribution in [0.2, 0.25) is 0 Å². The van der Waals surface area contributed by atoms with Crippen molar-refractivity contribution in [2.75, 3.05) is 0 Å². The predicted molar refractivity (Wildman–Crippen MR) is 47.7 cm³/mol. The van der Waals surface area contributed by atoms with E-state index in [0.29, 0.717) is 10.9 Å². The Bertz CT molecular complexity index is 429. The van der Waals surface area contributed by atoms with Crippen molar-refractivity contribution >= 4 is 10.9 Å². The molecule has 1 aromatic carbocycles. The molecule has 0 aliphatic carbocycles. The van der Waals surface area contributed by atoms with Crippen LogP contribution < -0.4 is 0 Å². The molecule has 1 aromatic heterocycles. The van der Waals surface area contributed by atoms with Crippen molar-refractivity contribution in [2.24, 2.45) is 0 Å². The first kappa shape index (κ1) is 7.35. The van der Waals surface area contributed by atoms with Crippen molar-refractivity contribution in [1.29, 1.82) is 0 Å². The molecule has 2 heteroatoms. The molecule has 1 nitrogen and oxygen atoms in total. The Kier molecular flexibility index (Phi) is 1.43. The van der Waals surface area contributed by atoms with Gasteiger partial charge in [0.05, 0.1) is 0 Å². The van der Waals surface area contributed by atoms with Crippen molar-refractivity contribution in [3.8, 4) is 0 Å². The molecular weight excluding hydrogens is 153 g/mol. The van der Waals surface area contributed by atoms with Crippen LogP contribution in [0.1, 0.15) is 11.3 Å². The largest absolute Gasteiger partial charge is 0.359 e. The molecule has 2 rings (SSSR count). The number of rotatable bonds is 0. The molecule has 0 aliphatic heterocycles. The van der Waals surface area contributed by atoms with Crippen LogP contribution in [-0.2, 0) is 0 Å². The minimum Gasteiger partial charge on any atom is -0.359 e. The number of nitrogens with one attached hydrogen (secondary N) is 1. The van der Waals surface area contributed by atoms with Crippen LogP contribution in [-0.4, -0.2) is 4.98 Å². The van der Waals surface area contributed by atoms with Gasteiger partial charge < -0.3 is 4.98 Å². The zero-order chi connectivity index (χ0) is 8.72. The zero-order valence-corrected chi connectivity index (χ0v) is 7.11. The molecular formula is C10H10FN. The van der Waals surface area contributed by atoms with Gasteiger partial charge in [0.15, 0.2) is 0 Å². The summed E-state index contributed by atoms with van der Waals surface area (Å²) in [6, 6.07) is 5.52. The van der Waals surface area contributed by atoms with Crippen molar-refractivity contribution < 1.29 is 4.39 Å². The Balaban J connectivity index is 2.89. The van der Waals surface area contributed by atoms with Crippen LogP contribution in [0, 0.1) is 19.7 Å². The van der Waals surface area contributed by atoms with E-state index < -0.39 is 0 Å². The lowest BCUT2D eigenvalue weighted by molar-refractivity contribution is 0.631. The zero-order valence-electron chi connectivity index (χ0n) is 7.11. The highest BCUT2D eigenvalue weighted by Gasteiger charge is 2.04. The number of aromatic nitrogens is 1. The topological polar surface area (TPSA) is 15.8 Å². The molecule has 0 aliphatic rings. The number of halogens is 1. The number of aryl methyl sites for hydroxylation is 2. The minimum absolute atomic E-state index is 0.114. The lowest BCUT2D eigenvalue weighted by Gasteiger charge is -1.95. The molecule has 0 radical (unpaired) electrons. The van der Waals surface area contributed by atoms with E-state index in [-0.39, 0.29) is 5.82 Å². The summed E-state index contributed by atoms with van der Waals surface area (Å²) in [6.45, 7) is 3.70. The second kappa shape index (κ2) is 2.34. The van der Waals surface area contributed by atoms with E-state index in [1.54, 1.807) is 13.0 Å². The summed E-state index contributed by atoms with van der Waals surface area (Å²) in [5.74, 6) is -0.114. The summed E-state index contributed by atoms with van der Waals surface area (Å²) in [5.41, 5.74) is 2.56. The van der Waals surface area contributed by atoms with E-state index in [2.05, 4.69) is 4.98 Å². The first-order chi connectivity index (χ1) is 5.68. The summed E-state index contributed by atoms with van der Waals surface area (Å²) in [4.78, 5) is 3.09. The van der Waals surface area contributed by atoms with E-state index >= 15 is 0 Å². The van der Waals surface area contributed by atoms with Crippen LogP contribution >= 0.6 is 0 Å². The van der Waals surface area contributed by atoms with Gasteiger partial charge in [-0.25, -0.2) is 4.39 Å². The van der Waals surface area contributed by atoms with E-state index in [0.717, 1.165) is 11.2 Å². The second-order valence-electron chi connectivity index (χ2n) is 3.11. The van der Waals surface area contributed by atoms with Gasteiger partial charge in [-0.3, -0.25) is 0 Å². The molecule has 0 saturated carbocycles. The third-order valence-electron chi connectivity index (χ3n) is 2.07. The normalized spacial score (nSPS) is 10.9. The standard InChI is InChI=1S/C10H10FN/c1-6-3-4-9-8(10(6)11)5-7(2)12-9/h3-5,12H,1-2H3. The van der Waals surface area contributed by atoms with Gasteiger partial charge in [0.2, 0.25) is 0 Å². The van der Waals surface area contributed by atoms with Gasteiger partial charge >= 0.3 is 0 Å². The third-order valence-corrected chi connectivity index (χ3v) is 2.07. The Hall–Kier alpha value is -1.31. The van der Waals surface area contributed by atoms with Crippen LogP contribution in [0.4, 0.5) is 4.39 Å². The van der Waals surface area contributed by atoms with Crippen molar-refractivity contribution in [3.05, 3.63) is 35.3 Å². The van der Waals surface area contributed by atoms with Crippen LogP contribution in [0.15, 0.2) is 18.2 Å². The van der Waals surface area contributed by atoms with Gasteiger partial charge in [-0.05, 0) is 31.5 Å². The van der Waals surface area contributed by atoms with Crippen LogP contribution in [0.25, 0.3) is 10.9 Å². The highest BCUT2D eigenvalue weighted by Crippen LogP contribution is 2.20. The quantitative estimate of drug-likeness (QED) is 0.614. The van der Waals surface area contributed by atoms with Gasteiger partial charge in [-0.1, -0.05) is 6.07 Å². The number of benzene rings is 1. The smallest absolute Gasteiger partial charge is 0.135 e. The molecule has 1 heterocycles. The van der Waals surface area contributed by atoms with E-state index in [1.165, 1.54) is 0 Å². The summed E-state index contributed by atoms with van der Waals surface area (Å²) in [7, 11) is 0. The molecule has 62 valence electrons. The first-order valence-electron chi connectivity index (χ1n) is 3.93. The molecule has 1 N–H and O–H groups in total. The van der Waals surface area contributed by atoms with Gasteiger partial charge in [-0.15, -0.1) is 0 Å². The predicted octanol–water partition coefficient (Wildman–Crippen LogP) is 2.92. The Labute approximate surface area is 70.2 Å². The fourth-order valence-corrected chi connectivity index (χ4v) is 1.42. The average molecular weight is 163 g/mol. The van der Waals surface area contributed by atoms with Crippen LogP contribution in [0.3, 0.4) is 0 Å². The number of aromatic amines is 1. The number of hydrogen-bond acceptors (Lipinski definition) is 0. The number of hydrogen-bond donors (Lipinski definition) is 1. The Morgan fingerprint density at radius 3 is 2.75 bits per heavy atom. The van der Waals surface area contributed by atoms with Gasteiger partial charge in [0.25, 0.3) is 0 Å². The highest BCUT2D eigenvalue weighted by molar-refractivity contribution is 5.81. The van der Waals surface area contributed by atoms with Crippen molar-refractivity contribution in [2.45, 2.75) is 13.8 Å². The van der Waals surface area contributed by atoms with Crippen molar-refractivity contribution in [3.63, 3.8) is 0 Å². The molecule has 2 aromatic rings. The van der Waals surface area contributed by atoms with Gasteiger partial charge in [0, 0.05) is 16.6 Å². The second-order valence-corrected chi connectivity index (χ2v) is 3.11. The minimum atomic E-state index is -0.114. The van der Waals surface area contributed by atoms with E-state index in [4.69, 9.17) is 0 Å². The Morgan fingerprint density at radius 1 is 1.25 bits per heavy atom. The fraction of sp³-hybridized carbons (Fsp3) is 0.200.